The third kappa shape index (κ3) is 3.13. The number of carbonyl (C=O) groups excluding carboxylic acids is 1. The van der Waals surface area contributed by atoms with Crippen molar-refractivity contribution < 1.29 is 9.21 Å². The van der Waals surface area contributed by atoms with Crippen LogP contribution in [0, 0.1) is 6.92 Å². The highest BCUT2D eigenvalue weighted by molar-refractivity contribution is 9.10. The third-order valence-corrected chi connectivity index (χ3v) is 3.65. The zero-order valence-corrected chi connectivity index (χ0v) is 13.0. The Bertz CT molecular complexity index is 794. The number of nitrogens with zero attached hydrogens (tertiary/aromatic N) is 1. The molecule has 0 spiro atoms. The minimum absolute atomic E-state index is 0.0982. The molecule has 1 amide bonds. The molecule has 0 saturated carbocycles. The van der Waals surface area contributed by atoms with Crippen LogP contribution >= 0.6 is 15.9 Å². The van der Waals surface area contributed by atoms with E-state index in [4.69, 9.17) is 4.42 Å². The van der Waals surface area contributed by atoms with Gasteiger partial charge in [-0.15, -0.1) is 0 Å². The number of nitrogens with one attached hydrogen (secondary N) is 1. The summed E-state index contributed by atoms with van der Waals surface area (Å²) in [7, 11) is 0. The molecule has 0 aliphatic carbocycles. The van der Waals surface area contributed by atoms with Crippen molar-refractivity contribution in [1.29, 1.82) is 0 Å². The van der Waals surface area contributed by atoms with Crippen molar-refractivity contribution in [2.75, 3.05) is 0 Å². The first-order valence-corrected chi connectivity index (χ1v) is 7.31. The SMILES string of the molecule is Cc1nc2cc(CNC(=O)c3ccc(Br)cc3)ccc2o1. The highest BCUT2D eigenvalue weighted by Crippen LogP contribution is 2.17. The molecular weight excluding hydrogens is 332 g/mol. The Labute approximate surface area is 130 Å². The van der Waals surface area contributed by atoms with E-state index in [2.05, 4.69) is 26.2 Å². The molecular formula is C16H13BrN2O2. The molecule has 3 aromatic rings. The topological polar surface area (TPSA) is 55.1 Å². The van der Waals surface area contributed by atoms with Crippen LogP contribution in [0.5, 0.6) is 0 Å². The summed E-state index contributed by atoms with van der Waals surface area (Å²) in [6.07, 6.45) is 0. The predicted molar refractivity (Wildman–Crippen MR) is 84.1 cm³/mol. The lowest BCUT2D eigenvalue weighted by Crippen LogP contribution is -2.22. The predicted octanol–water partition coefficient (Wildman–Crippen LogP) is 3.83. The third-order valence-electron chi connectivity index (χ3n) is 3.12. The van der Waals surface area contributed by atoms with Crippen molar-refractivity contribution in [1.82, 2.24) is 10.3 Å². The molecule has 5 heteroatoms. The van der Waals surface area contributed by atoms with Crippen LogP contribution < -0.4 is 5.32 Å². The lowest BCUT2D eigenvalue weighted by Gasteiger charge is -2.05. The highest BCUT2D eigenvalue weighted by atomic mass is 79.9. The Morgan fingerprint density at radius 2 is 2.00 bits per heavy atom. The van der Waals surface area contributed by atoms with Gasteiger partial charge in [-0.3, -0.25) is 4.79 Å². The van der Waals surface area contributed by atoms with Crippen LogP contribution in [0.25, 0.3) is 11.1 Å². The van der Waals surface area contributed by atoms with E-state index in [0.29, 0.717) is 18.0 Å². The first-order chi connectivity index (χ1) is 10.1. The summed E-state index contributed by atoms with van der Waals surface area (Å²) in [6, 6.07) is 13.0. The van der Waals surface area contributed by atoms with Crippen LogP contribution in [0.1, 0.15) is 21.8 Å². The van der Waals surface area contributed by atoms with Crippen molar-refractivity contribution in [2.45, 2.75) is 13.5 Å². The molecule has 1 aromatic heterocycles. The second-order valence-corrected chi connectivity index (χ2v) is 5.64. The normalized spacial score (nSPS) is 10.8. The first-order valence-electron chi connectivity index (χ1n) is 6.52. The van der Waals surface area contributed by atoms with Gasteiger partial charge in [-0.1, -0.05) is 22.0 Å². The molecule has 2 aromatic carbocycles. The molecule has 0 aliphatic heterocycles. The zero-order chi connectivity index (χ0) is 14.8. The number of hydrogen-bond acceptors (Lipinski definition) is 3. The number of aryl methyl sites for hydroxylation is 1. The van der Waals surface area contributed by atoms with E-state index < -0.39 is 0 Å². The molecule has 0 aliphatic rings. The van der Waals surface area contributed by atoms with Crippen molar-refractivity contribution >= 4 is 32.9 Å². The fourth-order valence-electron chi connectivity index (χ4n) is 2.08. The van der Waals surface area contributed by atoms with Crippen LogP contribution in [0.4, 0.5) is 0 Å². The zero-order valence-electron chi connectivity index (χ0n) is 11.4. The molecule has 4 nitrogen and oxygen atoms in total. The molecule has 1 heterocycles. The molecule has 21 heavy (non-hydrogen) atoms. The fourth-order valence-corrected chi connectivity index (χ4v) is 2.35. The van der Waals surface area contributed by atoms with Gasteiger partial charge in [0.15, 0.2) is 11.5 Å². The maximum atomic E-state index is 12.0. The minimum atomic E-state index is -0.0982. The number of benzene rings is 2. The number of fused-ring (bicyclic) bond motifs is 1. The van der Waals surface area contributed by atoms with Gasteiger partial charge in [0.25, 0.3) is 5.91 Å². The van der Waals surface area contributed by atoms with Gasteiger partial charge < -0.3 is 9.73 Å². The summed E-state index contributed by atoms with van der Waals surface area (Å²) < 4.78 is 6.38. The fraction of sp³-hybridized carbons (Fsp3) is 0.125. The molecule has 0 fully saturated rings. The van der Waals surface area contributed by atoms with Gasteiger partial charge in [-0.25, -0.2) is 4.98 Å². The molecule has 0 atom stereocenters. The van der Waals surface area contributed by atoms with E-state index in [1.54, 1.807) is 12.1 Å². The summed E-state index contributed by atoms with van der Waals surface area (Å²) in [4.78, 5) is 16.3. The monoisotopic (exact) mass is 344 g/mol. The van der Waals surface area contributed by atoms with Crippen LogP contribution in [-0.2, 0) is 6.54 Å². The Morgan fingerprint density at radius 3 is 2.76 bits per heavy atom. The van der Waals surface area contributed by atoms with E-state index in [-0.39, 0.29) is 5.91 Å². The van der Waals surface area contributed by atoms with Crippen molar-refractivity contribution in [2.24, 2.45) is 0 Å². The molecule has 0 bridgehead atoms. The van der Waals surface area contributed by atoms with E-state index >= 15 is 0 Å². The summed E-state index contributed by atoms with van der Waals surface area (Å²) in [5, 5.41) is 2.89. The average molecular weight is 345 g/mol. The summed E-state index contributed by atoms with van der Waals surface area (Å²) in [5.41, 5.74) is 3.19. The number of carbonyl (C=O) groups is 1. The summed E-state index contributed by atoms with van der Waals surface area (Å²) in [5.74, 6) is 0.542. The second kappa shape index (κ2) is 5.69. The van der Waals surface area contributed by atoms with Gasteiger partial charge in [0.1, 0.15) is 5.52 Å². The maximum absolute atomic E-state index is 12.0. The molecule has 1 N–H and O–H groups in total. The van der Waals surface area contributed by atoms with Crippen LogP contribution in [0.2, 0.25) is 0 Å². The van der Waals surface area contributed by atoms with E-state index in [1.807, 2.05) is 37.3 Å². The Morgan fingerprint density at radius 1 is 1.24 bits per heavy atom. The van der Waals surface area contributed by atoms with Gasteiger partial charge in [0.2, 0.25) is 0 Å². The van der Waals surface area contributed by atoms with Crippen LogP contribution in [0.15, 0.2) is 51.4 Å². The number of aromatic nitrogens is 1. The van der Waals surface area contributed by atoms with Gasteiger partial charge in [-0.05, 0) is 42.0 Å². The Kier molecular flexibility index (Phi) is 3.75. The standard InChI is InChI=1S/C16H13BrN2O2/c1-10-19-14-8-11(2-7-15(14)21-10)9-18-16(20)12-3-5-13(17)6-4-12/h2-8H,9H2,1H3,(H,18,20). The number of oxazole rings is 1. The van der Waals surface area contributed by atoms with E-state index in [1.165, 1.54) is 0 Å². The highest BCUT2D eigenvalue weighted by Gasteiger charge is 2.07. The smallest absolute Gasteiger partial charge is 0.251 e. The molecule has 0 unspecified atom stereocenters. The number of amides is 1. The number of rotatable bonds is 3. The largest absolute Gasteiger partial charge is 0.441 e. The van der Waals surface area contributed by atoms with Crippen molar-refractivity contribution in [3.05, 3.63) is 64.0 Å². The van der Waals surface area contributed by atoms with Crippen molar-refractivity contribution in [3.8, 4) is 0 Å². The summed E-state index contributed by atoms with van der Waals surface area (Å²) in [6.45, 7) is 2.27. The molecule has 0 radical (unpaired) electrons. The molecule has 106 valence electrons. The van der Waals surface area contributed by atoms with E-state index in [9.17, 15) is 4.79 Å². The van der Waals surface area contributed by atoms with Gasteiger partial charge in [0.05, 0.1) is 0 Å². The maximum Gasteiger partial charge on any atom is 0.251 e. The summed E-state index contributed by atoms with van der Waals surface area (Å²) >= 11 is 3.35. The lowest BCUT2D eigenvalue weighted by atomic mass is 10.2. The molecule has 0 saturated heterocycles. The molecule has 3 rings (SSSR count). The van der Waals surface area contributed by atoms with E-state index in [0.717, 1.165) is 21.1 Å². The van der Waals surface area contributed by atoms with Crippen molar-refractivity contribution in [3.63, 3.8) is 0 Å². The van der Waals surface area contributed by atoms with Gasteiger partial charge in [-0.2, -0.15) is 0 Å². The quantitative estimate of drug-likeness (QED) is 0.785. The number of halogens is 1. The Hall–Kier alpha value is -2.14. The van der Waals surface area contributed by atoms with Crippen LogP contribution in [0.3, 0.4) is 0 Å². The lowest BCUT2D eigenvalue weighted by molar-refractivity contribution is 0.0951. The van der Waals surface area contributed by atoms with Crippen LogP contribution in [-0.4, -0.2) is 10.9 Å². The van der Waals surface area contributed by atoms with Gasteiger partial charge >= 0.3 is 0 Å². The average Bonchev–Trinajstić information content (AvgIpc) is 2.84. The van der Waals surface area contributed by atoms with Gasteiger partial charge in [0, 0.05) is 23.5 Å². The first kappa shape index (κ1) is 13.8. The minimum Gasteiger partial charge on any atom is -0.441 e. The number of hydrogen-bond donors (Lipinski definition) is 1. The Balaban J connectivity index is 1.70. The second-order valence-electron chi connectivity index (χ2n) is 4.72.